The first kappa shape index (κ1) is 8.25. The highest BCUT2D eigenvalue weighted by Gasteiger charge is 1.97. The van der Waals surface area contributed by atoms with Crippen molar-refractivity contribution in [2.24, 2.45) is 0 Å². The summed E-state index contributed by atoms with van der Waals surface area (Å²) in [5, 5.41) is 5.18. The van der Waals surface area contributed by atoms with E-state index in [0.717, 1.165) is 17.2 Å². The van der Waals surface area contributed by atoms with Gasteiger partial charge in [0.25, 0.3) is 0 Å². The van der Waals surface area contributed by atoms with E-state index in [1.807, 2.05) is 18.5 Å². The summed E-state index contributed by atoms with van der Waals surface area (Å²) in [6.07, 6.45) is 3.63. The number of aryl methyl sites for hydroxylation is 1. The van der Waals surface area contributed by atoms with E-state index in [0.29, 0.717) is 6.54 Å². The Morgan fingerprint density at radius 2 is 2.46 bits per heavy atom. The number of nitrogens with one attached hydrogen (secondary N) is 2. The van der Waals surface area contributed by atoms with E-state index >= 15 is 0 Å². The van der Waals surface area contributed by atoms with Crippen molar-refractivity contribution in [3.8, 4) is 0 Å². The highest BCUT2D eigenvalue weighted by Crippen LogP contribution is 2.08. The van der Waals surface area contributed by atoms with Crippen LogP contribution in [0.15, 0.2) is 17.8 Å². The van der Waals surface area contributed by atoms with Gasteiger partial charge < -0.3 is 10.3 Å². The molecule has 4 nitrogen and oxygen atoms in total. The molecule has 68 valence electrons. The molecule has 0 atom stereocenters. The van der Waals surface area contributed by atoms with Gasteiger partial charge in [-0.2, -0.15) is 4.37 Å². The zero-order valence-electron chi connectivity index (χ0n) is 7.24. The first-order chi connectivity index (χ1) is 6.34. The fraction of sp³-hybridized carbons (Fsp3) is 0.250. The predicted octanol–water partition coefficient (Wildman–Crippen LogP) is 1.79. The molecule has 0 spiro atoms. The van der Waals surface area contributed by atoms with Crippen LogP contribution in [0.2, 0.25) is 0 Å². The molecule has 0 aromatic carbocycles. The standard InChI is InChI=1S/C8H10N4S/c1-6-2-10-8(12-6)4-9-7-3-11-13-5-7/h2-3,5,9H,4H2,1H3,(H,10,12). The van der Waals surface area contributed by atoms with E-state index in [-0.39, 0.29) is 0 Å². The van der Waals surface area contributed by atoms with E-state index in [1.54, 1.807) is 6.20 Å². The first-order valence-corrected chi connectivity index (χ1v) is 4.82. The summed E-state index contributed by atoms with van der Waals surface area (Å²) in [5.41, 5.74) is 2.12. The van der Waals surface area contributed by atoms with Gasteiger partial charge in [0.1, 0.15) is 5.82 Å². The van der Waals surface area contributed by atoms with E-state index in [9.17, 15) is 0 Å². The highest BCUT2D eigenvalue weighted by atomic mass is 32.1. The Bertz CT molecular complexity index is 365. The number of aromatic nitrogens is 3. The lowest BCUT2D eigenvalue weighted by Gasteiger charge is -1.98. The Hall–Kier alpha value is -1.36. The predicted molar refractivity (Wildman–Crippen MR) is 52.8 cm³/mol. The van der Waals surface area contributed by atoms with Crippen LogP contribution >= 0.6 is 11.5 Å². The van der Waals surface area contributed by atoms with Crippen molar-refractivity contribution >= 4 is 17.2 Å². The third kappa shape index (κ3) is 2.06. The smallest absolute Gasteiger partial charge is 0.125 e. The number of aromatic amines is 1. The van der Waals surface area contributed by atoms with Gasteiger partial charge in [-0.1, -0.05) is 0 Å². The normalized spacial score (nSPS) is 10.2. The summed E-state index contributed by atoms with van der Waals surface area (Å²) in [6.45, 7) is 2.70. The summed E-state index contributed by atoms with van der Waals surface area (Å²) in [7, 11) is 0. The van der Waals surface area contributed by atoms with Gasteiger partial charge in [-0.3, -0.25) is 0 Å². The van der Waals surface area contributed by atoms with Crippen molar-refractivity contribution in [3.63, 3.8) is 0 Å². The number of imidazole rings is 1. The molecule has 2 aromatic heterocycles. The Morgan fingerprint density at radius 3 is 3.08 bits per heavy atom. The van der Waals surface area contributed by atoms with Crippen LogP contribution in [0.25, 0.3) is 0 Å². The SMILES string of the molecule is Cc1cnc(CNc2cnsc2)[nH]1. The topological polar surface area (TPSA) is 53.6 Å². The van der Waals surface area contributed by atoms with Gasteiger partial charge in [0, 0.05) is 17.3 Å². The lowest BCUT2D eigenvalue weighted by atomic mass is 10.5. The minimum atomic E-state index is 0.715. The van der Waals surface area contributed by atoms with E-state index in [4.69, 9.17) is 0 Å². The maximum atomic E-state index is 4.18. The molecular formula is C8H10N4S. The Balaban J connectivity index is 1.93. The van der Waals surface area contributed by atoms with E-state index in [2.05, 4.69) is 19.7 Å². The lowest BCUT2D eigenvalue weighted by Crippen LogP contribution is -1.99. The van der Waals surface area contributed by atoms with Gasteiger partial charge in [-0.05, 0) is 18.5 Å². The highest BCUT2D eigenvalue weighted by molar-refractivity contribution is 7.04. The number of hydrogen-bond donors (Lipinski definition) is 2. The molecule has 0 aliphatic carbocycles. The average Bonchev–Trinajstić information content (AvgIpc) is 2.71. The monoisotopic (exact) mass is 194 g/mol. The second kappa shape index (κ2) is 3.57. The summed E-state index contributed by atoms with van der Waals surface area (Å²) in [5.74, 6) is 0.948. The molecule has 2 N–H and O–H groups in total. The quantitative estimate of drug-likeness (QED) is 0.783. The van der Waals surface area contributed by atoms with Gasteiger partial charge in [0.2, 0.25) is 0 Å². The third-order valence-electron chi connectivity index (χ3n) is 1.65. The molecular weight excluding hydrogens is 184 g/mol. The third-order valence-corrected chi connectivity index (χ3v) is 2.23. The molecule has 0 saturated carbocycles. The molecule has 0 aliphatic rings. The van der Waals surface area contributed by atoms with Crippen molar-refractivity contribution in [2.45, 2.75) is 13.5 Å². The largest absolute Gasteiger partial charge is 0.376 e. The van der Waals surface area contributed by atoms with Gasteiger partial charge >= 0.3 is 0 Å². The molecule has 2 heterocycles. The zero-order chi connectivity index (χ0) is 9.10. The van der Waals surface area contributed by atoms with Crippen LogP contribution in [-0.4, -0.2) is 14.3 Å². The van der Waals surface area contributed by atoms with Gasteiger partial charge in [0.05, 0.1) is 18.4 Å². The molecule has 0 unspecified atom stereocenters. The molecule has 0 saturated heterocycles. The Labute approximate surface area is 80.2 Å². The van der Waals surface area contributed by atoms with Crippen molar-refractivity contribution in [2.75, 3.05) is 5.32 Å². The van der Waals surface area contributed by atoms with Gasteiger partial charge in [0.15, 0.2) is 0 Å². The van der Waals surface area contributed by atoms with Gasteiger partial charge in [-0.25, -0.2) is 4.98 Å². The second-order valence-electron chi connectivity index (χ2n) is 2.78. The molecule has 0 radical (unpaired) electrons. The number of hydrogen-bond acceptors (Lipinski definition) is 4. The van der Waals surface area contributed by atoms with Crippen molar-refractivity contribution in [1.29, 1.82) is 0 Å². The van der Waals surface area contributed by atoms with Crippen molar-refractivity contribution in [3.05, 3.63) is 29.3 Å². The summed E-state index contributed by atoms with van der Waals surface area (Å²) in [4.78, 5) is 7.33. The molecule has 0 fully saturated rings. The lowest BCUT2D eigenvalue weighted by molar-refractivity contribution is 0.993. The van der Waals surface area contributed by atoms with Crippen LogP contribution in [0.3, 0.4) is 0 Å². The van der Waals surface area contributed by atoms with Crippen LogP contribution in [0.5, 0.6) is 0 Å². The summed E-state index contributed by atoms with van der Waals surface area (Å²) >= 11 is 1.44. The average molecular weight is 194 g/mol. The number of H-pyrrole nitrogens is 1. The number of nitrogens with zero attached hydrogens (tertiary/aromatic N) is 2. The molecule has 2 rings (SSSR count). The van der Waals surface area contributed by atoms with Gasteiger partial charge in [-0.15, -0.1) is 0 Å². The van der Waals surface area contributed by atoms with Crippen LogP contribution < -0.4 is 5.32 Å². The van der Waals surface area contributed by atoms with Crippen LogP contribution in [0.4, 0.5) is 5.69 Å². The Morgan fingerprint density at radius 1 is 1.54 bits per heavy atom. The molecule has 13 heavy (non-hydrogen) atoms. The molecule has 0 amide bonds. The fourth-order valence-electron chi connectivity index (χ4n) is 1.03. The minimum Gasteiger partial charge on any atom is -0.376 e. The zero-order valence-corrected chi connectivity index (χ0v) is 8.06. The summed E-state index contributed by atoms with van der Waals surface area (Å²) < 4.78 is 3.99. The van der Waals surface area contributed by atoms with Crippen LogP contribution in [-0.2, 0) is 6.54 Å². The van der Waals surface area contributed by atoms with Crippen LogP contribution in [0.1, 0.15) is 11.5 Å². The molecule has 0 bridgehead atoms. The second-order valence-corrected chi connectivity index (χ2v) is 3.44. The van der Waals surface area contributed by atoms with Crippen molar-refractivity contribution in [1.82, 2.24) is 14.3 Å². The van der Waals surface area contributed by atoms with E-state index < -0.39 is 0 Å². The number of anilines is 1. The summed E-state index contributed by atoms with van der Waals surface area (Å²) in [6, 6.07) is 0. The minimum absolute atomic E-state index is 0.715. The number of rotatable bonds is 3. The van der Waals surface area contributed by atoms with Crippen LogP contribution in [0, 0.1) is 6.92 Å². The first-order valence-electron chi connectivity index (χ1n) is 3.98. The maximum Gasteiger partial charge on any atom is 0.125 e. The fourth-order valence-corrected chi connectivity index (χ4v) is 1.53. The maximum absolute atomic E-state index is 4.18. The molecule has 5 heteroatoms. The van der Waals surface area contributed by atoms with Crippen molar-refractivity contribution < 1.29 is 0 Å². The molecule has 0 aliphatic heterocycles. The Kier molecular flexibility index (Phi) is 2.27. The van der Waals surface area contributed by atoms with E-state index in [1.165, 1.54) is 11.5 Å². The molecule has 2 aromatic rings.